The van der Waals surface area contributed by atoms with Crippen LogP contribution in [0.25, 0.3) is 5.65 Å². The van der Waals surface area contributed by atoms with Gasteiger partial charge in [-0.15, -0.1) is 4.68 Å². The summed E-state index contributed by atoms with van der Waals surface area (Å²) in [6.45, 7) is 12.6. The number of Topliss-reactive ketones (excluding diaryl/α,β-unsaturated/α-hetero) is 1. The molecule has 0 radical (unpaired) electrons. The van der Waals surface area contributed by atoms with Gasteiger partial charge in [-0.2, -0.15) is 0 Å². The second-order valence-electron chi connectivity index (χ2n) is 8.94. The van der Waals surface area contributed by atoms with Gasteiger partial charge in [-0.1, -0.05) is 42.4 Å². The highest BCUT2D eigenvalue weighted by Gasteiger charge is 2.26. The number of aliphatic hydroxyl groups excluding tert-OH is 1. The van der Waals surface area contributed by atoms with Crippen LogP contribution in [0.1, 0.15) is 61.7 Å². The summed E-state index contributed by atoms with van der Waals surface area (Å²) in [6.07, 6.45) is 0.743. The Morgan fingerprint density at radius 1 is 1.21 bits per heavy atom. The average molecular weight is 457 g/mol. The van der Waals surface area contributed by atoms with E-state index in [4.69, 9.17) is 20.3 Å². The van der Waals surface area contributed by atoms with Crippen LogP contribution in [0.4, 0.5) is 5.95 Å². The van der Waals surface area contributed by atoms with Crippen molar-refractivity contribution in [2.75, 3.05) is 25.6 Å². The summed E-state index contributed by atoms with van der Waals surface area (Å²) in [6, 6.07) is 5.45. The normalized spacial score (nSPS) is 11.7. The molecule has 0 spiro atoms. The number of aliphatic hydroxyl groups is 1. The van der Waals surface area contributed by atoms with Crippen LogP contribution in [0, 0.1) is 6.92 Å². The summed E-state index contributed by atoms with van der Waals surface area (Å²) >= 11 is 0. The second kappa shape index (κ2) is 9.74. The zero-order valence-corrected chi connectivity index (χ0v) is 20.3. The molecule has 0 saturated carbocycles. The molecule has 2 aromatic heterocycles. The number of fused-ring (bicyclic) bond motifs is 1. The maximum atomic E-state index is 13.3. The Balaban J connectivity index is 2.01. The van der Waals surface area contributed by atoms with Crippen molar-refractivity contribution in [2.24, 2.45) is 0 Å². The number of hydrogen-bond acceptors (Lipinski definition) is 7. The molecule has 0 aliphatic rings. The number of anilines is 1. The van der Waals surface area contributed by atoms with Crippen LogP contribution in [0.3, 0.4) is 0 Å². The molecule has 2 heterocycles. The Morgan fingerprint density at radius 3 is 2.55 bits per heavy atom. The highest BCUT2D eigenvalue weighted by Crippen LogP contribution is 2.28. The van der Waals surface area contributed by atoms with Crippen molar-refractivity contribution in [3.63, 3.8) is 0 Å². The summed E-state index contributed by atoms with van der Waals surface area (Å²) in [5.74, 6) is 1.15. The van der Waals surface area contributed by atoms with Gasteiger partial charge in [0.15, 0.2) is 12.3 Å². The van der Waals surface area contributed by atoms with Crippen molar-refractivity contribution >= 4 is 17.4 Å². The zero-order chi connectivity index (χ0) is 24.3. The van der Waals surface area contributed by atoms with E-state index >= 15 is 0 Å². The third kappa shape index (κ3) is 5.08. The lowest BCUT2D eigenvalue weighted by Gasteiger charge is -2.21. The fourth-order valence-electron chi connectivity index (χ4n) is 3.66. The summed E-state index contributed by atoms with van der Waals surface area (Å²) in [4.78, 5) is 13.3. The summed E-state index contributed by atoms with van der Waals surface area (Å²) in [7, 11) is 0. The molecular weight excluding hydrogens is 422 g/mol. The fourth-order valence-corrected chi connectivity index (χ4v) is 3.66. The predicted molar refractivity (Wildman–Crippen MR) is 125 cm³/mol. The number of aromatic nitrogens is 4. The van der Waals surface area contributed by atoms with Crippen molar-refractivity contribution in [3.8, 4) is 11.6 Å². The van der Waals surface area contributed by atoms with E-state index in [2.05, 4.69) is 31.0 Å². The van der Waals surface area contributed by atoms with Crippen LogP contribution in [0.2, 0.25) is 0 Å². The maximum Gasteiger partial charge on any atom is 0.401 e. The van der Waals surface area contributed by atoms with E-state index in [1.54, 1.807) is 6.07 Å². The number of rotatable bonds is 9. The first-order chi connectivity index (χ1) is 15.6. The average Bonchev–Trinajstić information content (AvgIpc) is 3.07. The largest absolute Gasteiger partial charge is 0.491 e. The molecule has 9 heteroatoms. The Kier molecular flexibility index (Phi) is 7.22. The lowest BCUT2D eigenvalue weighted by molar-refractivity contribution is -0.723. The lowest BCUT2D eigenvalue weighted by atomic mass is 9.85. The molecule has 0 amide bonds. The maximum absolute atomic E-state index is 13.3. The van der Waals surface area contributed by atoms with E-state index in [0.717, 1.165) is 23.1 Å². The molecule has 0 atom stereocenters. The van der Waals surface area contributed by atoms with Crippen LogP contribution in [0.5, 0.6) is 11.6 Å². The first-order valence-electron chi connectivity index (χ1n) is 11.2. The Hall–Kier alpha value is -3.20. The first-order valence-corrected chi connectivity index (χ1v) is 11.2. The van der Waals surface area contributed by atoms with Crippen molar-refractivity contribution in [1.29, 1.82) is 0 Å². The number of ketones is 1. The van der Waals surface area contributed by atoms with E-state index < -0.39 is 0 Å². The smallest absolute Gasteiger partial charge is 0.401 e. The van der Waals surface area contributed by atoms with Crippen LogP contribution < -0.4 is 19.9 Å². The number of hydrogen-bond donors (Lipinski definition) is 2. The zero-order valence-electron chi connectivity index (χ0n) is 20.3. The quantitative estimate of drug-likeness (QED) is 0.375. The molecule has 0 bridgehead atoms. The number of carbonyl (C=O) groups excluding carboxylic acids is 1. The number of nitrogens with zero attached hydrogens (tertiary/aromatic N) is 4. The standard InChI is InChI=1S/C24H33N5O4/c1-7-19-15(3)21-26-28(23(25)29(21)27-22(19)32-8-2)14-20(31)16-11-17(24(4,5)6)13-18(12-16)33-10-9-30/h11-13,25,30H,7-10,14H2,1-6H3/p+1. The molecule has 1 aromatic carbocycles. The van der Waals surface area contributed by atoms with E-state index in [1.165, 1.54) is 9.20 Å². The molecule has 0 aliphatic heterocycles. The molecule has 3 rings (SSSR count). The minimum absolute atomic E-state index is 0.0485. The lowest BCUT2D eigenvalue weighted by Crippen LogP contribution is -2.42. The summed E-state index contributed by atoms with van der Waals surface area (Å²) < 4.78 is 14.3. The molecule has 0 unspecified atom stereocenters. The third-order valence-corrected chi connectivity index (χ3v) is 5.52. The van der Waals surface area contributed by atoms with E-state index in [0.29, 0.717) is 29.4 Å². The van der Waals surface area contributed by atoms with Gasteiger partial charge in [-0.05, 0) is 49.4 Å². The van der Waals surface area contributed by atoms with Crippen molar-refractivity contribution in [2.45, 2.75) is 59.9 Å². The topological polar surface area (TPSA) is 116 Å². The van der Waals surface area contributed by atoms with Gasteiger partial charge in [0.1, 0.15) is 12.4 Å². The van der Waals surface area contributed by atoms with Crippen molar-refractivity contribution < 1.29 is 24.1 Å². The minimum atomic E-state index is -0.184. The fraction of sp³-hybridized carbons (Fsp3) is 0.500. The third-order valence-electron chi connectivity index (χ3n) is 5.52. The van der Waals surface area contributed by atoms with Crippen LogP contribution >= 0.6 is 0 Å². The van der Waals surface area contributed by atoms with Crippen molar-refractivity contribution in [3.05, 3.63) is 40.5 Å². The molecule has 33 heavy (non-hydrogen) atoms. The number of carbonyl (C=O) groups is 1. The number of nitrogen functional groups attached to an aromatic ring is 1. The highest BCUT2D eigenvalue weighted by molar-refractivity contribution is 5.95. The van der Waals surface area contributed by atoms with Gasteiger partial charge in [-0.3, -0.25) is 10.5 Å². The number of aryl methyl sites for hydroxylation is 1. The molecule has 3 N–H and O–H groups in total. The molecule has 0 saturated heterocycles. The Morgan fingerprint density at radius 2 is 1.94 bits per heavy atom. The van der Waals surface area contributed by atoms with Gasteiger partial charge in [0.05, 0.1) is 13.2 Å². The second-order valence-corrected chi connectivity index (χ2v) is 8.94. The molecule has 0 aliphatic carbocycles. The van der Waals surface area contributed by atoms with Gasteiger partial charge >= 0.3 is 5.95 Å². The molecule has 0 fully saturated rings. The van der Waals surface area contributed by atoms with Crippen LogP contribution in [-0.4, -0.2) is 45.4 Å². The number of ether oxygens (including phenoxy) is 2. The summed E-state index contributed by atoms with van der Waals surface area (Å²) in [5, 5.41) is 18.2. The van der Waals surface area contributed by atoms with Gasteiger partial charge in [0.25, 0.3) is 11.5 Å². The monoisotopic (exact) mass is 456 g/mol. The van der Waals surface area contributed by atoms with Gasteiger partial charge in [0.2, 0.25) is 0 Å². The number of nitrogens with two attached hydrogens (primary N) is 1. The van der Waals surface area contributed by atoms with E-state index in [9.17, 15) is 4.79 Å². The number of benzene rings is 1. The predicted octanol–water partition coefficient (Wildman–Crippen LogP) is 2.42. The van der Waals surface area contributed by atoms with Crippen LogP contribution in [0.15, 0.2) is 18.2 Å². The SMILES string of the molecule is CCOc1nn2c(N)[n+](CC(=O)c3cc(OCCO)cc(C(C)(C)C)c3)nc2c(C)c1CC. The molecule has 178 valence electrons. The minimum Gasteiger partial charge on any atom is -0.491 e. The van der Waals surface area contributed by atoms with Gasteiger partial charge in [-0.25, -0.2) is 0 Å². The van der Waals surface area contributed by atoms with E-state index in [-0.39, 0.29) is 36.9 Å². The highest BCUT2D eigenvalue weighted by atomic mass is 16.5. The first kappa shape index (κ1) is 24.4. The van der Waals surface area contributed by atoms with Gasteiger partial charge < -0.3 is 14.6 Å². The van der Waals surface area contributed by atoms with Crippen LogP contribution in [-0.2, 0) is 18.4 Å². The van der Waals surface area contributed by atoms with Gasteiger partial charge in [0, 0.05) is 16.7 Å². The van der Waals surface area contributed by atoms with E-state index in [1.807, 2.05) is 32.9 Å². The molecule has 9 nitrogen and oxygen atoms in total. The summed E-state index contributed by atoms with van der Waals surface area (Å²) in [5.41, 5.74) is 10.1. The Bertz CT molecular complexity index is 1160. The van der Waals surface area contributed by atoms with Crippen molar-refractivity contribution in [1.82, 2.24) is 14.7 Å². The molecule has 3 aromatic rings. The molecular formula is C24H34N5O4+. The Labute approximate surface area is 194 Å².